The van der Waals surface area contributed by atoms with Crippen LogP contribution in [0.4, 0.5) is 0 Å². The highest BCUT2D eigenvalue weighted by Crippen LogP contribution is 2.45. The summed E-state index contributed by atoms with van der Waals surface area (Å²) in [6.45, 7) is 5.16. The van der Waals surface area contributed by atoms with Gasteiger partial charge in [0.25, 0.3) is 0 Å². The van der Waals surface area contributed by atoms with E-state index in [9.17, 15) is 0 Å². The van der Waals surface area contributed by atoms with Crippen molar-refractivity contribution in [2.24, 2.45) is 11.3 Å². The normalized spacial score (nSPS) is 19.6. The zero-order chi connectivity index (χ0) is 14.4. The summed E-state index contributed by atoms with van der Waals surface area (Å²) in [5.41, 5.74) is 4.35. The van der Waals surface area contributed by atoms with Crippen LogP contribution in [-0.2, 0) is 0 Å². The fourth-order valence-corrected chi connectivity index (χ4v) is 3.24. The van der Waals surface area contributed by atoms with Crippen molar-refractivity contribution in [3.8, 4) is 5.75 Å². The van der Waals surface area contributed by atoms with Crippen LogP contribution in [0.5, 0.6) is 5.75 Å². The van der Waals surface area contributed by atoms with Crippen LogP contribution in [0.3, 0.4) is 0 Å². The Bertz CT molecular complexity index is 416. The average molecular weight is 277 g/mol. The van der Waals surface area contributed by atoms with Crippen LogP contribution in [0.15, 0.2) is 18.5 Å². The van der Waals surface area contributed by atoms with Crippen molar-refractivity contribution >= 4 is 0 Å². The number of hydrazine groups is 1. The van der Waals surface area contributed by atoms with Crippen molar-refractivity contribution in [1.82, 2.24) is 10.4 Å². The molecule has 1 aromatic heterocycles. The average Bonchev–Trinajstić information content (AvgIpc) is 2.47. The van der Waals surface area contributed by atoms with Crippen LogP contribution >= 0.6 is 0 Å². The summed E-state index contributed by atoms with van der Waals surface area (Å²) in [5.74, 6) is 6.69. The van der Waals surface area contributed by atoms with Crippen molar-refractivity contribution in [1.29, 1.82) is 0 Å². The molecule has 0 aliphatic heterocycles. The molecular formula is C16H27N3O. The number of nitrogens with two attached hydrogens (primary N) is 1. The summed E-state index contributed by atoms with van der Waals surface area (Å²) in [6.07, 6.45) is 11.0. The van der Waals surface area contributed by atoms with Gasteiger partial charge < -0.3 is 4.74 Å². The SMILES string of the molecule is CCCOc1cncc(C(NN)C2(C)CCCCC2)c1. The molecule has 1 saturated carbocycles. The first-order valence-corrected chi connectivity index (χ1v) is 7.73. The number of hydrogen-bond acceptors (Lipinski definition) is 4. The van der Waals surface area contributed by atoms with Gasteiger partial charge in [0, 0.05) is 6.20 Å². The van der Waals surface area contributed by atoms with Crippen molar-refractivity contribution in [2.75, 3.05) is 6.61 Å². The summed E-state index contributed by atoms with van der Waals surface area (Å²) in [4.78, 5) is 4.31. The summed E-state index contributed by atoms with van der Waals surface area (Å²) < 4.78 is 5.68. The molecule has 1 atom stereocenters. The predicted molar refractivity (Wildman–Crippen MR) is 81.3 cm³/mol. The highest BCUT2D eigenvalue weighted by molar-refractivity contribution is 5.27. The molecule has 4 heteroatoms. The maximum Gasteiger partial charge on any atom is 0.137 e. The van der Waals surface area contributed by atoms with E-state index < -0.39 is 0 Å². The minimum absolute atomic E-state index is 0.139. The molecule has 0 aromatic carbocycles. The van der Waals surface area contributed by atoms with Gasteiger partial charge in [0.05, 0.1) is 18.8 Å². The molecule has 1 unspecified atom stereocenters. The first kappa shape index (κ1) is 15.3. The third-order valence-electron chi connectivity index (χ3n) is 4.40. The van der Waals surface area contributed by atoms with Crippen molar-refractivity contribution in [3.63, 3.8) is 0 Å². The predicted octanol–water partition coefficient (Wildman–Crippen LogP) is 3.35. The zero-order valence-electron chi connectivity index (χ0n) is 12.7. The molecule has 1 aliphatic rings. The van der Waals surface area contributed by atoms with Gasteiger partial charge in [-0.15, -0.1) is 0 Å². The van der Waals surface area contributed by atoms with E-state index in [4.69, 9.17) is 10.6 Å². The molecule has 4 nitrogen and oxygen atoms in total. The van der Waals surface area contributed by atoms with Crippen LogP contribution in [0.2, 0.25) is 0 Å². The van der Waals surface area contributed by atoms with Crippen LogP contribution < -0.4 is 16.0 Å². The molecule has 20 heavy (non-hydrogen) atoms. The Hall–Kier alpha value is -1.13. The van der Waals surface area contributed by atoms with Gasteiger partial charge in [-0.3, -0.25) is 16.3 Å². The van der Waals surface area contributed by atoms with Gasteiger partial charge in [0.15, 0.2) is 0 Å². The summed E-state index contributed by atoms with van der Waals surface area (Å²) in [5, 5.41) is 0. The molecule has 0 amide bonds. The second-order valence-electron chi connectivity index (χ2n) is 6.12. The van der Waals surface area contributed by atoms with E-state index in [1.165, 1.54) is 32.1 Å². The van der Waals surface area contributed by atoms with E-state index in [1.54, 1.807) is 6.20 Å². The first-order chi connectivity index (χ1) is 9.69. The van der Waals surface area contributed by atoms with Crippen molar-refractivity contribution in [2.45, 2.75) is 58.4 Å². The largest absolute Gasteiger partial charge is 0.492 e. The maximum atomic E-state index is 5.85. The number of hydrogen-bond donors (Lipinski definition) is 2. The highest BCUT2D eigenvalue weighted by atomic mass is 16.5. The highest BCUT2D eigenvalue weighted by Gasteiger charge is 2.36. The Morgan fingerprint density at radius 3 is 2.75 bits per heavy atom. The van der Waals surface area contributed by atoms with Gasteiger partial charge in [0.2, 0.25) is 0 Å². The molecule has 1 fully saturated rings. The Balaban J connectivity index is 2.18. The Kier molecular flexibility index (Phi) is 5.38. The molecule has 3 N–H and O–H groups in total. The van der Waals surface area contributed by atoms with Crippen LogP contribution in [0, 0.1) is 5.41 Å². The number of aromatic nitrogens is 1. The van der Waals surface area contributed by atoms with Crippen LogP contribution in [0.1, 0.15) is 64.0 Å². The molecule has 0 radical (unpaired) electrons. The van der Waals surface area contributed by atoms with E-state index in [-0.39, 0.29) is 11.5 Å². The number of ether oxygens (including phenoxy) is 1. The summed E-state index contributed by atoms with van der Waals surface area (Å²) >= 11 is 0. The number of rotatable bonds is 6. The monoisotopic (exact) mass is 277 g/mol. The van der Waals surface area contributed by atoms with Crippen LogP contribution in [0.25, 0.3) is 0 Å². The minimum atomic E-state index is 0.139. The number of nitrogens with one attached hydrogen (secondary N) is 1. The standard InChI is InChI=1S/C16H27N3O/c1-3-9-20-14-10-13(11-18-12-14)15(19-17)16(2)7-5-4-6-8-16/h10-12,15,19H,3-9,17H2,1-2H3. The topological polar surface area (TPSA) is 60.2 Å². The Morgan fingerprint density at radius 2 is 2.10 bits per heavy atom. The second-order valence-corrected chi connectivity index (χ2v) is 6.12. The molecule has 112 valence electrons. The first-order valence-electron chi connectivity index (χ1n) is 7.73. The lowest BCUT2D eigenvalue weighted by Gasteiger charge is -2.40. The van der Waals surface area contributed by atoms with Gasteiger partial charge in [0.1, 0.15) is 5.75 Å². The van der Waals surface area contributed by atoms with E-state index in [0.29, 0.717) is 0 Å². The summed E-state index contributed by atoms with van der Waals surface area (Å²) in [6, 6.07) is 2.22. The summed E-state index contributed by atoms with van der Waals surface area (Å²) in [7, 11) is 0. The lowest BCUT2D eigenvalue weighted by atomic mass is 9.69. The Labute approximate surface area is 122 Å². The lowest BCUT2D eigenvalue weighted by Crippen LogP contribution is -2.41. The van der Waals surface area contributed by atoms with Gasteiger partial charge in [-0.2, -0.15) is 0 Å². The zero-order valence-corrected chi connectivity index (χ0v) is 12.7. The minimum Gasteiger partial charge on any atom is -0.492 e. The smallest absolute Gasteiger partial charge is 0.137 e. The lowest BCUT2D eigenvalue weighted by molar-refractivity contribution is 0.144. The van der Waals surface area contributed by atoms with E-state index in [1.807, 2.05) is 6.20 Å². The molecule has 1 heterocycles. The Morgan fingerprint density at radius 1 is 1.35 bits per heavy atom. The fraction of sp³-hybridized carbons (Fsp3) is 0.688. The maximum absolute atomic E-state index is 5.85. The van der Waals surface area contributed by atoms with Gasteiger partial charge >= 0.3 is 0 Å². The third kappa shape index (κ3) is 3.49. The second kappa shape index (κ2) is 7.04. The molecule has 1 aliphatic carbocycles. The van der Waals surface area contributed by atoms with E-state index in [0.717, 1.165) is 24.3 Å². The molecule has 0 spiro atoms. The molecule has 1 aromatic rings. The fourth-order valence-electron chi connectivity index (χ4n) is 3.24. The molecule has 0 bridgehead atoms. The van der Waals surface area contributed by atoms with Crippen LogP contribution in [-0.4, -0.2) is 11.6 Å². The van der Waals surface area contributed by atoms with E-state index in [2.05, 4.69) is 30.3 Å². The molecule has 0 saturated heterocycles. The van der Waals surface area contributed by atoms with Crippen molar-refractivity contribution < 1.29 is 4.74 Å². The van der Waals surface area contributed by atoms with Gasteiger partial charge in [-0.1, -0.05) is 33.1 Å². The molecular weight excluding hydrogens is 250 g/mol. The van der Waals surface area contributed by atoms with Gasteiger partial charge in [-0.25, -0.2) is 0 Å². The van der Waals surface area contributed by atoms with E-state index >= 15 is 0 Å². The van der Waals surface area contributed by atoms with Gasteiger partial charge in [-0.05, 0) is 36.3 Å². The number of nitrogens with zero attached hydrogens (tertiary/aromatic N) is 1. The quantitative estimate of drug-likeness (QED) is 0.618. The number of pyridine rings is 1. The molecule has 2 rings (SSSR count). The third-order valence-corrected chi connectivity index (χ3v) is 4.40. The van der Waals surface area contributed by atoms with Crippen molar-refractivity contribution in [3.05, 3.63) is 24.0 Å².